The molecule has 0 bridgehead atoms. The standard InChI is InChI=1S/C12H13NO6S.Na/c14-7(8(15)10(17)12(18)19)9(16)11-13-5-3-1-2-4-6(5)20-11;/h1-4,7-10,14-17H,(H,18,19);/q;+1. The van der Waals surface area contributed by atoms with Crippen LogP contribution in [0.1, 0.15) is 11.1 Å². The number of rotatable bonds is 5. The molecule has 1 aromatic carbocycles. The summed E-state index contributed by atoms with van der Waals surface area (Å²) in [4.78, 5) is 14.6. The molecule has 4 atom stereocenters. The molecule has 0 aliphatic heterocycles. The maximum absolute atomic E-state index is 10.5. The van der Waals surface area contributed by atoms with E-state index in [0.717, 1.165) is 16.0 Å². The zero-order valence-electron chi connectivity index (χ0n) is 11.1. The van der Waals surface area contributed by atoms with Crippen molar-refractivity contribution in [3.8, 4) is 0 Å². The van der Waals surface area contributed by atoms with Crippen molar-refractivity contribution in [3.05, 3.63) is 29.3 Å². The molecule has 1 heterocycles. The Morgan fingerprint density at radius 3 is 2.29 bits per heavy atom. The van der Waals surface area contributed by atoms with Gasteiger partial charge in [0.15, 0.2) is 6.10 Å². The SMILES string of the molecule is O=C(O)C(O)C(O)C(O)C(O)c1nc2ccccc2s1.[Na+]. The van der Waals surface area contributed by atoms with Crippen molar-refractivity contribution >= 4 is 27.5 Å². The van der Waals surface area contributed by atoms with Crippen molar-refractivity contribution in [2.24, 2.45) is 0 Å². The van der Waals surface area contributed by atoms with Crippen LogP contribution in [0.5, 0.6) is 0 Å². The molecular weight excluding hydrogens is 309 g/mol. The molecule has 0 saturated carbocycles. The molecule has 0 aliphatic rings. The maximum Gasteiger partial charge on any atom is 1.00 e. The van der Waals surface area contributed by atoms with Gasteiger partial charge in [-0.15, -0.1) is 11.3 Å². The second kappa shape index (κ2) is 7.61. The minimum absolute atomic E-state index is 0. The van der Waals surface area contributed by atoms with E-state index in [1.807, 2.05) is 0 Å². The third-order valence-corrected chi connectivity index (χ3v) is 3.92. The van der Waals surface area contributed by atoms with Crippen LogP contribution in [0.4, 0.5) is 0 Å². The first-order chi connectivity index (χ1) is 9.41. The number of fused-ring (bicyclic) bond motifs is 1. The number of para-hydroxylation sites is 1. The molecule has 108 valence electrons. The summed E-state index contributed by atoms with van der Waals surface area (Å²) in [6.07, 6.45) is -7.65. The first-order valence-corrected chi connectivity index (χ1v) is 6.54. The number of carboxylic acids is 1. The molecule has 9 heteroatoms. The molecule has 2 aromatic rings. The smallest absolute Gasteiger partial charge is 0.479 e. The van der Waals surface area contributed by atoms with Gasteiger partial charge in [0, 0.05) is 0 Å². The van der Waals surface area contributed by atoms with Gasteiger partial charge in [0.1, 0.15) is 23.3 Å². The number of aromatic nitrogens is 1. The minimum Gasteiger partial charge on any atom is -0.479 e. The molecule has 0 radical (unpaired) electrons. The van der Waals surface area contributed by atoms with Gasteiger partial charge in [0.2, 0.25) is 0 Å². The van der Waals surface area contributed by atoms with E-state index in [2.05, 4.69) is 4.98 Å². The maximum atomic E-state index is 10.5. The number of aliphatic hydroxyl groups is 4. The Bertz CT molecular complexity index is 588. The van der Waals surface area contributed by atoms with E-state index >= 15 is 0 Å². The molecule has 0 saturated heterocycles. The van der Waals surface area contributed by atoms with E-state index < -0.39 is 30.4 Å². The fraction of sp³-hybridized carbons (Fsp3) is 0.333. The fourth-order valence-corrected chi connectivity index (χ4v) is 2.68. The van der Waals surface area contributed by atoms with E-state index in [4.69, 9.17) is 10.2 Å². The number of carbonyl (C=O) groups is 1. The van der Waals surface area contributed by atoms with Crippen LogP contribution in [-0.2, 0) is 4.79 Å². The van der Waals surface area contributed by atoms with E-state index in [9.17, 15) is 20.1 Å². The van der Waals surface area contributed by atoms with E-state index in [0.29, 0.717) is 5.52 Å². The number of hydrogen-bond acceptors (Lipinski definition) is 7. The molecule has 7 nitrogen and oxygen atoms in total. The normalized spacial score (nSPS) is 16.8. The van der Waals surface area contributed by atoms with Crippen LogP contribution in [0.3, 0.4) is 0 Å². The largest absolute Gasteiger partial charge is 1.00 e. The molecule has 5 N–H and O–H groups in total. The average Bonchev–Trinajstić information content (AvgIpc) is 2.87. The van der Waals surface area contributed by atoms with Gasteiger partial charge in [-0.05, 0) is 12.1 Å². The van der Waals surface area contributed by atoms with E-state index in [1.54, 1.807) is 24.3 Å². The van der Waals surface area contributed by atoms with Gasteiger partial charge < -0.3 is 25.5 Å². The summed E-state index contributed by atoms with van der Waals surface area (Å²) >= 11 is 1.11. The van der Waals surface area contributed by atoms with Crippen molar-refractivity contribution in [2.75, 3.05) is 0 Å². The van der Waals surface area contributed by atoms with E-state index in [-0.39, 0.29) is 34.6 Å². The molecular formula is C12H13NNaO6S+. The fourth-order valence-electron chi connectivity index (χ4n) is 1.68. The summed E-state index contributed by atoms with van der Waals surface area (Å²) in [5.74, 6) is -1.69. The van der Waals surface area contributed by atoms with Crippen molar-refractivity contribution < 1.29 is 59.9 Å². The zero-order valence-corrected chi connectivity index (χ0v) is 13.9. The van der Waals surface area contributed by atoms with Crippen molar-refractivity contribution in [2.45, 2.75) is 24.4 Å². The van der Waals surface area contributed by atoms with Crippen LogP contribution in [0, 0.1) is 0 Å². The number of hydrogen-bond donors (Lipinski definition) is 5. The molecule has 0 amide bonds. The van der Waals surface area contributed by atoms with Gasteiger partial charge in [-0.25, -0.2) is 9.78 Å². The van der Waals surface area contributed by atoms with Gasteiger partial charge >= 0.3 is 35.5 Å². The van der Waals surface area contributed by atoms with Crippen LogP contribution in [-0.4, -0.2) is 54.8 Å². The monoisotopic (exact) mass is 322 g/mol. The average molecular weight is 322 g/mol. The quantitative estimate of drug-likeness (QED) is 0.361. The second-order valence-corrected chi connectivity index (χ2v) is 5.29. The van der Waals surface area contributed by atoms with Crippen LogP contribution in [0.25, 0.3) is 10.2 Å². The predicted octanol–water partition coefficient (Wildman–Crippen LogP) is -3.50. The summed E-state index contributed by atoms with van der Waals surface area (Å²) in [5.41, 5.74) is 0.618. The number of aliphatic hydroxyl groups excluding tert-OH is 4. The van der Waals surface area contributed by atoms with Crippen molar-refractivity contribution in [3.63, 3.8) is 0 Å². The Hall–Kier alpha value is -0.580. The van der Waals surface area contributed by atoms with Gasteiger partial charge in [-0.2, -0.15) is 0 Å². The van der Waals surface area contributed by atoms with Gasteiger partial charge in [0.05, 0.1) is 10.2 Å². The summed E-state index contributed by atoms with van der Waals surface area (Å²) in [7, 11) is 0. The summed E-state index contributed by atoms with van der Waals surface area (Å²) < 4.78 is 0.780. The van der Waals surface area contributed by atoms with Gasteiger partial charge in [0.25, 0.3) is 0 Å². The Morgan fingerprint density at radius 1 is 1.10 bits per heavy atom. The van der Waals surface area contributed by atoms with Crippen molar-refractivity contribution in [1.82, 2.24) is 4.98 Å². The van der Waals surface area contributed by atoms with Crippen LogP contribution >= 0.6 is 11.3 Å². The van der Waals surface area contributed by atoms with Crippen LogP contribution in [0.2, 0.25) is 0 Å². The molecule has 0 spiro atoms. The number of benzene rings is 1. The van der Waals surface area contributed by atoms with Crippen LogP contribution < -0.4 is 29.6 Å². The topological polar surface area (TPSA) is 131 Å². The number of thiazole rings is 1. The second-order valence-electron chi connectivity index (χ2n) is 4.23. The zero-order chi connectivity index (χ0) is 14.9. The minimum atomic E-state index is -2.19. The Balaban J connectivity index is 0.00000220. The third kappa shape index (κ3) is 3.99. The molecule has 0 fully saturated rings. The first-order valence-electron chi connectivity index (χ1n) is 5.72. The Morgan fingerprint density at radius 2 is 1.71 bits per heavy atom. The summed E-state index contributed by atoms with van der Waals surface area (Å²) in [6.45, 7) is 0. The summed E-state index contributed by atoms with van der Waals surface area (Å²) in [6, 6.07) is 7.04. The molecule has 4 unspecified atom stereocenters. The molecule has 21 heavy (non-hydrogen) atoms. The Kier molecular flexibility index (Phi) is 6.70. The number of aliphatic carboxylic acids is 1. The predicted molar refractivity (Wildman–Crippen MR) is 70.2 cm³/mol. The summed E-state index contributed by atoms with van der Waals surface area (Å²) in [5, 5.41) is 47.0. The van der Waals surface area contributed by atoms with E-state index in [1.165, 1.54) is 0 Å². The number of nitrogens with zero attached hydrogens (tertiary/aromatic N) is 1. The van der Waals surface area contributed by atoms with Gasteiger partial charge in [-0.3, -0.25) is 0 Å². The van der Waals surface area contributed by atoms with Crippen molar-refractivity contribution in [1.29, 1.82) is 0 Å². The number of carboxylic acid groups (broad SMARTS) is 1. The molecule has 0 aliphatic carbocycles. The Labute approximate surface area is 145 Å². The first kappa shape index (κ1) is 18.5. The molecule has 2 rings (SSSR count). The third-order valence-electron chi connectivity index (χ3n) is 2.81. The molecule has 1 aromatic heterocycles. The van der Waals surface area contributed by atoms with Gasteiger partial charge in [-0.1, -0.05) is 12.1 Å². The van der Waals surface area contributed by atoms with Crippen LogP contribution in [0.15, 0.2) is 24.3 Å².